The molecule has 0 heterocycles. The van der Waals surface area contributed by atoms with Gasteiger partial charge in [-0.3, -0.25) is 9.35 Å². The molecule has 74 heavy (non-hydrogen) atoms. The summed E-state index contributed by atoms with van der Waals surface area (Å²) in [6, 6.07) is 30.8. The van der Waals surface area contributed by atoms with E-state index in [1.807, 2.05) is 12.1 Å². The van der Waals surface area contributed by atoms with Crippen LogP contribution in [-0.4, -0.2) is 41.6 Å². The van der Waals surface area contributed by atoms with Crippen molar-refractivity contribution in [2.24, 2.45) is 0 Å². The summed E-state index contributed by atoms with van der Waals surface area (Å²) in [5.74, 6) is -1.19. The Labute approximate surface area is 424 Å². The summed E-state index contributed by atoms with van der Waals surface area (Å²) < 4.78 is 150. The normalized spacial score (nSPS) is 11.9. The van der Waals surface area contributed by atoms with Crippen LogP contribution in [0.1, 0.15) is 49.3 Å². The molecule has 24 heteroatoms. The van der Waals surface area contributed by atoms with E-state index >= 15 is 26.3 Å². The predicted octanol–water partition coefficient (Wildman–Crippen LogP) is 13.8. The van der Waals surface area contributed by atoms with Crippen molar-refractivity contribution >= 4 is 40.0 Å². The number of hydrogen-bond donors (Lipinski definition) is 3. The van der Waals surface area contributed by atoms with Crippen LogP contribution in [0.3, 0.4) is 0 Å². The zero-order valence-electron chi connectivity index (χ0n) is 37.6. The number of aryl methyl sites for hydroxylation is 2. The molecule has 0 aliphatic heterocycles. The molecule has 0 aromatic heterocycles. The number of ketones is 1. The van der Waals surface area contributed by atoms with Crippen LogP contribution in [-0.2, 0) is 34.3 Å². The maximum Gasteiger partial charge on any atom is 0.411 e. The van der Waals surface area contributed by atoms with E-state index in [-0.39, 0.29) is 72.1 Å². The van der Waals surface area contributed by atoms with Crippen molar-refractivity contribution in [2.75, 3.05) is 0 Å². The van der Waals surface area contributed by atoms with E-state index in [2.05, 4.69) is 18.7 Å². The highest BCUT2D eigenvalue weighted by atomic mass is 32.2. The minimum absolute atomic E-state index is 0.00922. The number of nitriles is 2. The van der Waals surface area contributed by atoms with Crippen LogP contribution in [0.4, 0.5) is 26.3 Å². The fourth-order valence-electron chi connectivity index (χ4n) is 7.63. The van der Waals surface area contributed by atoms with E-state index in [1.54, 1.807) is 38.1 Å². The Kier molecular flexibility index (Phi) is 16.4. The van der Waals surface area contributed by atoms with Crippen LogP contribution in [0.5, 0.6) is 34.5 Å². The van der Waals surface area contributed by atoms with Gasteiger partial charge in [0.15, 0.2) is 5.78 Å². The predicted molar refractivity (Wildman–Crippen MR) is 251 cm³/mol. The van der Waals surface area contributed by atoms with E-state index in [4.69, 9.17) is 24.7 Å². The fourth-order valence-corrected chi connectivity index (χ4v) is 9.15. The first kappa shape index (κ1) is 54.3. The first-order chi connectivity index (χ1) is 35.1. The van der Waals surface area contributed by atoms with Crippen molar-refractivity contribution in [3.05, 3.63) is 184 Å². The molecule has 0 bridgehead atoms. The van der Waals surface area contributed by atoms with Gasteiger partial charge in [0.05, 0.1) is 44.3 Å². The lowest BCUT2D eigenvalue weighted by atomic mass is 9.73. The Balaban J connectivity index is 1.17. The summed E-state index contributed by atoms with van der Waals surface area (Å²) in [5, 5.41) is 44.8. The van der Waals surface area contributed by atoms with Crippen LogP contribution in [0.2, 0.25) is 0 Å². The van der Waals surface area contributed by atoms with Crippen molar-refractivity contribution in [1.82, 2.24) is 0 Å². The lowest BCUT2D eigenvalue weighted by Gasteiger charge is -2.38. The van der Waals surface area contributed by atoms with Crippen LogP contribution in [0.15, 0.2) is 154 Å². The van der Waals surface area contributed by atoms with Gasteiger partial charge in [-0.1, -0.05) is 70.7 Å². The minimum Gasteiger partial charge on any atom is -0.456 e. The maximum atomic E-state index is 15.1. The largest absolute Gasteiger partial charge is 0.456 e. The second-order valence-electron chi connectivity index (χ2n) is 15.5. The summed E-state index contributed by atoms with van der Waals surface area (Å²) in [6.07, 6.45) is -11.9. The third-order valence-electron chi connectivity index (χ3n) is 11.1. The Morgan fingerprint density at radius 1 is 0.581 bits per heavy atom. The highest BCUT2D eigenvalue weighted by Gasteiger charge is 2.72. The van der Waals surface area contributed by atoms with Gasteiger partial charge in [-0.25, -0.2) is 10.5 Å². The van der Waals surface area contributed by atoms with Crippen LogP contribution in [0.25, 0.3) is 11.1 Å². The van der Waals surface area contributed by atoms with Gasteiger partial charge in [-0.15, -0.1) is 8.67 Å². The standard InChI is InChI=1S/C50H32F6N2O13S3/c1-28-5-3-7-41(39(28)26-57)65-34-16-12-32(13-17-34)48(49(51,52)53,50(54,55)56)33-14-18-35(19-15-33)66-42-8-4-6-37(40(42)27-58)30-10-9-29(2)38(23-30)47(59)31-11-21-43(45(24-31)72-70-68-60)67-44-22-20-36(74(62,63)64)25-46(44)73-71-69-61/h3-25,60-61H,1-2H3,(H,62,63,64). The molecular weight excluding hydrogens is 1050 g/mol. The number of alkyl halides is 6. The van der Waals surface area contributed by atoms with E-state index in [0.29, 0.717) is 65.0 Å². The van der Waals surface area contributed by atoms with Gasteiger partial charge in [-0.2, -0.15) is 45.3 Å². The van der Waals surface area contributed by atoms with Crippen LogP contribution >= 0.6 is 24.1 Å². The zero-order chi connectivity index (χ0) is 53.6. The SMILES string of the molecule is Cc1ccc(-c2cccc(Oc3ccc(C(c4ccc(Oc5cccc(C)c5C#N)cc4)(C(F)(F)F)C(F)(F)F)cc3)c2C#N)cc1C(=O)c1ccc(Oc2ccc(S(=O)(=O)O)cc2SOOO)c(SOOO)c1. The van der Waals surface area contributed by atoms with Gasteiger partial charge in [0.2, 0.25) is 5.41 Å². The molecule has 15 nitrogen and oxygen atoms in total. The molecule has 7 aromatic rings. The molecule has 0 spiro atoms. The highest BCUT2D eigenvalue weighted by Crippen LogP contribution is 2.57. The number of carbonyl (C=O) groups is 1. The molecule has 0 amide bonds. The molecule has 0 unspecified atom stereocenters. The molecule has 380 valence electrons. The molecule has 0 saturated heterocycles. The second kappa shape index (κ2) is 22.3. The lowest BCUT2D eigenvalue weighted by molar-refractivity contribution is -0.432. The molecule has 0 atom stereocenters. The Hall–Kier alpha value is -7.46. The number of benzene rings is 7. The molecule has 7 aromatic carbocycles. The number of carbonyl (C=O) groups excluding carboxylic acids is 1. The number of nitrogens with zero attached hydrogens (tertiary/aromatic N) is 2. The molecule has 0 radical (unpaired) electrons. The Morgan fingerprint density at radius 2 is 1.09 bits per heavy atom. The van der Waals surface area contributed by atoms with E-state index < -0.39 is 49.7 Å². The number of rotatable bonds is 18. The van der Waals surface area contributed by atoms with Crippen LogP contribution < -0.4 is 14.2 Å². The van der Waals surface area contributed by atoms with Gasteiger partial charge < -0.3 is 14.2 Å². The van der Waals surface area contributed by atoms with Crippen LogP contribution in [0, 0.1) is 36.5 Å². The molecular formula is C50H32F6N2O13S3. The minimum atomic E-state index is -5.93. The van der Waals surface area contributed by atoms with E-state index in [0.717, 1.165) is 42.5 Å². The first-order valence-corrected chi connectivity index (χ1v) is 23.7. The summed E-state index contributed by atoms with van der Waals surface area (Å²) in [7, 11) is -4.70. The second-order valence-corrected chi connectivity index (χ2v) is 18.4. The molecule has 0 saturated carbocycles. The van der Waals surface area contributed by atoms with Gasteiger partial charge in [-0.05, 0) is 121 Å². The Bertz CT molecular complexity index is 3420. The first-order valence-electron chi connectivity index (χ1n) is 20.8. The summed E-state index contributed by atoms with van der Waals surface area (Å²) in [6.45, 7) is 3.26. The summed E-state index contributed by atoms with van der Waals surface area (Å²) in [5.41, 5.74) is -5.20. The van der Waals surface area contributed by atoms with Crippen molar-refractivity contribution < 1.29 is 87.6 Å². The fraction of sp³-hybridized carbons (Fsp3) is 0.100. The van der Waals surface area contributed by atoms with E-state index in [9.17, 15) is 28.3 Å². The lowest BCUT2D eigenvalue weighted by Crippen LogP contribution is -2.54. The van der Waals surface area contributed by atoms with Gasteiger partial charge >= 0.3 is 12.4 Å². The van der Waals surface area contributed by atoms with Gasteiger partial charge in [0.25, 0.3) is 10.1 Å². The maximum absolute atomic E-state index is 15.1. The molecule has 0 aliphatic rings. The number of hydrogen-bond acceptors (Lipinski definition) is 16. The summed E-state index contributed by atoms with van der Waals surface area (Å²) >= 11 is 0.689. The average molecular weight is 1080 g/mol. The zero-order valence-corrected chi connectivity index (χ0v) is 40.0. The van der Waals surface area contributed by atoms with Crippen molar-refractivity contribution in [1.29, 1.82) is 10.5 Å². The average Bonchev–Trinajstić information content (AvgIpc) is 3.35. The van der Waals surface area contributed by atoms with Gasteiger partial charge in [0.1, 0.15) is 52.2 Å². The van der Waals surface area contributed by atoms with E-state index in [1.165, 1.54) is 48.5 Å². The topological polar surface area (TPSA) is 224 Å². The third kappa shape index (κ3) is 11.3. The van der Waals surface area contributed by atoms with Crippen molar-refractivity contribution in [3.8, 4) is 57.8 Å². The third-order valence-corrected chi connectivity index (χ3v) is 13.2. The van der Waals surface area contributed by atoms with Crippen molar-refractivity contribution in [2.45, 2.75) is 46.3 Å². The monoisotopic (exact) mass is 1080 g/mol. The highest BCUT2D eigenvalue weighted by molar-refractivity contribution is 7.95. The van der Waals surface area contributed by atoms with Gasteiger partial charge in [0, 0.05) is 16.7 Å². The molecule has 0 aliphatic carbocycles. The molecule has 0 fully saturated rings. The van der Waals surface area contributed by atoms with Crippen molar-refractivity contribution in [3.63, 3.8) is 0 Å². The number of halogens is 6. The Morgan fingerprint density at radius 3 is 1.61 bits per heavy atom. The quantitative estimate of drug-likeness (QED) is 0.0181. The summed E-state index contributed by atoms with van der Waals surface area (Å²) in [4.78, 5) is 13.5. The number of ether oxygens (including phenoxy) is 3. The molecule has 3 N–H and O–H groups in total. The molecule has 7 rings (SSSR count). The smallest absolute Gasteiger partial charge is 0.411 e.